The third-order valence-corrected chi connectivity index (χ3v) is 24.8. The predicted molar refractivity (Wildman–Crippen MR) is 451 cm³/mol. The van der Waals surface area contributed by atoms with Crippen molar-refractivity contribution in [1.29, 1.82) is 0 Å². The number of halogens is 2. The highest BCUT2D eigenvalue weighted by molar-refractivity contribution is 9.10. The third kappa shape index (κ3) is 23.1. The van der Waals surface area contributed by atoms with E-state index in [1.165, 1.54) is 168 Å². The Morgan fingerprint density at radius 1 is 0.276 bits per heavy atom. The second-order valence-electron chi connectivity index (χ2n) is 34.4. The van der Waals surface area contributed by atoms with Gasteiger partial charge in [-0.2, -0.15) is 0 Å². The first-order chi connectivity index (χ1) is 49.6. The van der Waals surface area contributed by atoms with Crippen molar-refractivity contribution in [2.24, 2.45) is 0 Å². The fourth-order valence-corrected chi connectivity index (χ4v) is 14.3. The number of hydrogen-bond donors (Lipinski definition) is 0. The highest BCUT2D eigenvalue weighted by atomic mass is 79.9. The van der Waals surface area contributed by atoms with E-state index in [2.05, 4.69) is 226 Å². The number of unbranched alkanes of at least 4 members (excludes halogenated alkanes) is 18. The number of nitrogens with zero attached hydrogens (tertiary/aromatic N) is 3. The Balaban J connectivity index is 0.000000200. The van der Waals surface area contributed by atoms with Gasteiger partial charge in [-0.3, -0.25) is 0 Å². The molecule has 0 saturated carbocycles. The highest BCUT2D eigenvalue weighted by Gasteiger charge is 2.56. The molecule has 0 atom stereocenters. The lowest BCUT2D eigenvalue weighted by atomic mass is 9.67. The van der Waals surface area contributed by atoms with Gasteiger partial charge in [0.25, 0.3) is 0 Å². The molecular formula is C88H131B4Br2N3O8. The largest absolute Gasteiger partial charge is 0.495 e. The van der Waals surface area contributed by atoms with Gasteiger partial charge in [-0.1, -0.05) is 253 Å². The van der Waals surface area contributed by atoms with Crippen molar-refractivity contribution in [3.8, 4) is 34.2 Å². The average Bonchev–Trinajstić information content (AvgIpc) is 1.62. The van der Waals surface area contributed by atoms with E-state index in [1.54, 1.807) is 0 Å². The highest BCUT2D eigenvalue weighted by Crippen LogP contribution is 2.42. The zero-order chi connectivity index (χ0) is 76.6. The molecule has 0 amide bonds. The molecule has 4 aliphatic rings. The fourth-order valence-electron chi connectivity index (χ4n) is 13.8. The minimum absolute atomic E-state index is 0.349. The van der Waals surface area contributed by atoms with Crippen molar-refractivity contribution in [2.45, 2.75) is 357 Å². The van der Waals surface area contributed by atoms with E-state index in [-0.39, 0.29) is 73.3 Å². The van der Waals surface area contributed by atoms with Gasteiger partial charge in [-0.05, 0) is 237 Å². The molecule has 6 aromatic rings. The summed E-state index contributed by atoms with van der Waals surface area (Å²) >= 11 is 7.04. The SMILES string of the molecule is CCCCCCCCCCCCc1ccc(-c2nc(-c3ccc(Br)cc3)nc(-c3ccc(Br)cc3)n2)cc1.CCCCCCc1cc(B2OC(C)(C)C(C)(C)O2)c(C)cc1B1OC(C)(C)C(C)(C)O1.CCCCCCc1cc(B2OC(C)(C)C(C)(C)O2)c(CCCCCC)cc1B1OC(C)(C)C(C)(C)O1. The van der Waals surface area contributed by atoms with Crippen LogP contribution in [0.15, 0.2) is 106 Å². The van der Waals surface area contributed by atoms with Crippen molar-refractivity contribution in [2.75, 3.05) is 0 Å². The summed E-state index contributed by atoms with van der Waals surface area (Å²) in [5, 5.41) is 0. The Labute approximate surface area is 655 Å². The first-order valence-electron chi connectivity index (χ1n) is 40.7. The maximum absolute atomic E-state index is 6.56. The van der Waals surface area contributed by atoms with Gasteiger partial charge >= 0.3 is 28.5 Å². The molecule has 1 aromatic heterocycles. The minimum Gasteiger partial charge on any atom is -0.399 e. The summed E-state index contributed by atoms with van der Waals surface area (Å²) in [5.74, 6) is 2.05. The van der Waals surface area contributed by atoms with Crippen LogP contribution in [0, 0.1) is 6.92 Å². The van der Waals surface area contributed by atoms with Crippen molar-refractivity contribution < 1.29 is 37.2 Å². The van der Waals surface area contributed by atoms with E-state index in [9.17, 15) is 0 Å². The van der Waals surface area contributed by atoms with E-state index in [0.717, 1.165) is 74.2 Å². The molecule has 0 unspecified atom stereocenters. The van der Waals surface area contributed by atoms with Gasteiger partial charge in [0.15, 0.2) is 17.5 Å². The van der Waals surface area contributed by atoms with Crippen LogP contribution in [-0.4, -0.2) is 88.2 Å². The summed E-state index contributed by atoms with van der Waals surface area (Å²) in [4.78, 5) is 14.5. The Kier molecular flexibility index (Phi) is 31.6. The summed E-state index contributed by atoms with van der Waals surface area (Å²) in [6.07, 6.45) is 32.5. The van der Waals surface area contributed by atoms with E-state index in [1.807, 2.05) is 48.5 Å². The van der Waals surface area contributed by atoms with E-state index in [0.29, 0.717) is 17.5 Å². The molecule has 0 radical (unpaired) electrons. The van der Waals surface area contributed by atoms with E-state index >= 15 is 0 Å². The predicted octanol–water partition coefficient (Wildman–Crippen LogP) is 22.1. The topological polar surface area (TPSA) is 113 Å². The molecule has 17 heteroatoms. The van der Waals surface area contributed by atoms with E-state index in [4.69, 9.17) is 52.2 Å². The van der Waals surface area contributed by atoms with Gasteiger partial charge in [0, 0.05) is 25.6 Å². The fraction of sp³-hybridized carbons (Fsp3) is 0.625. The van der Waals surface area contributed by atoms with Gasteiger partial charge in [0.1, 0.15) is 0 Å². The van der Waals surface area contributed by atoms with Crippen LogP contribution in [0.2, 0.25) is 0 Å². The smallest absolute Gasteiger partial charge is 0.399 e. The van der Waals surface area contributed by atoms with Crippen molar-refractivity contribution >= 4 is 82.2 Å². The number of benzene rings is 5. The molecule has 10 rings (SSSR count). The van der Waals surface area contributed by atoms with Gasteiger partial charge in [-0.15, -0.1) is 0 Å². The van der Waals surface area contributed by atoms with Crippen LogP contribution in [0.5, 0.6) is 0 Å². The van der Waals surface area contributed by atoms with Crippen LogP contribution in [-0.2, 0) is 62.9 Å². The average molecular weight is 1560 g/mol. The summed E-state index contributed by atoms with van der Waals surface area (Å²) < 4.78 is 53.9. The molecule has 572 valence electrons. The van der Waals surface area contributed by atoms with Crippen molar-refractivity contribution in [1.82, 2.24) is 15.0 Å². The Morgan fingerprint density at radius 2 is 0.495 bits per heavy atom. The summed E-state index contributed by atoms with van der Waals surface area (Å²) in [6.45, 7) is 45.1. The maximum Gasteiger partial charge on any atom is 0.495 e. The molecule has 0 bridgehead atoms. The number of aryl methyl sites for hydroxylation is 5. The van der Waals surface area contributed by atoms with E-state index < -0.39 is 0 Å². The standard InChI is InChI=1S/C33H37Br2N3.C30H52B2O4.C25H42B2O4/c1-2-3-4-5-6-7-8-9-10-11-12-25-13-15-26(16-14-25)31-36-32(27-17-21-29(34)22-18-27)38-33(37-31)28-19-23-30(35)24-20-28;1-11-13-15-17-19-23-21-26(32-35-29(7,8)30(9,10)36-32)24(20-18-16-14-12-2)22-25(23)31-33-27(3,4)28(5,6)34-31;1-11-12-13-14-15-19-17-20(26-28-22(3,4)23(5,6)29-26)18(2)16-21(19)27-30-24(7,8)25(9,10)31-27/h13-24H,2-12H2,1H3;21-22H,11-20H2,1-10H3;16-17H,11-15H2,1-10H3. The number of rotatable bonds is 33. The third-order valence-electron chi connectivity index (χ3n) is 23.7. The van der Waals surface area contributed by atoms with Crippen LogP contribution < -0.4 is 21.9 Å². The molecule has 4 saturated heterocycles. The van der Waals surface area contributed by atoms with Crippen LogP contribution in [0.25, 0.3) is 34.2 Å². The van der Waals surface area contributed by atoms with Crippen molar-refractivity contribution in [3.05, 3.63) is 134 Å². The molecule has 0 aliphatic carbocycles. The van der Waals surface area contributed by atoms with Gasteiger partial charge in [0.2, 0.25) is 0 Å². The van der Waals surface area contributed by atoms with Crippen LogP contribution in [0.4, 0.5) is 0 Å². The zero-order valence-electron chi connectivity index (χ0n) is 68.8. The molecular weight excluding hydrogens is 1430 g/mol. The number of aromatic nitrogens is 3. The molecule has 4 fully saturated rings. The molecule has 5 heterocycles. The maximum atomic E-state index is 6.56. The zero-order valence-corrected chi connectivity index (χ0v) is 72.0. The second kappa shape index (κ2) is 38.3. The quantitative estimate of drug-likeness (QED) is 0.0290. The lowest BCUT2D eigenvalue weighted by molar-refractivity contribution is 0.00578. The molecule has 105 heavy (non-hydrogen) atoms. The first kappa shape index (κ1) is 86.6. The molecule has 5 aromatic carbocycles. The van der Waals surface area contributed by atoms with Gasteiger partial charge in [0.05, 0.1) is 44.8 Å². The molecule has 0 N–H and O–H groups in total. The Bertz CT molecular complexity index is 3500. The lowest BCUT2D eigenvalue weighted by Gasteiger charge is -2.32. The lowest BCUT2D eigenvalue weighted by Crippen LogP contribution is -2.43. The normalized spacial score (nSPS) is 18.5. The Hall–Kier alpha value is -3.99. The van der Waals surface area contributed by atoms with Crippen LogP contribution in [0.1, 0.15) is 308 Å². The summed E-state index contributed by atoms with van der Waals surface area (Å²) in [7, 11) is -1.40. The van der Waals surface area contributed by atoms with Crippen LogP contribution in [0.3, 0.4) is 0 Å². The molecule has 4 aliphatic heterocycles. The number of hydrogen-bond acceptors (Lipinski definition) is 11. The van der Waals surface area contributed by atoms with Crippen LogP contribution >= 0.6 is 31.9 Å². The molecule has 11 nitrogen and oxygen atoms in total. The Morgan fingerprint density at radius 3 is 0.781 bits per heavy atom. The first-order valence-corrected chi connectivity index (χ1v) is 42.2. The second-order valence-corrected chi connectivity index (χ2v) is 36.2. The van der Waals surface area contributed by atoms with Gasteiger partial charge < -0.3 is 37.2 Å². The monoisotopic (exact) mass is 1560 g/mol. The minimum atomic E-state index is -0.358. The molecule has 0 spiro atoms. The summed E-state index contributed by atoms with van der Waals surface area (Å²) in [5.41, 5.74) is 11.2. The van der Waals surface area contributed by atoms with Gasteiger partial charge in [-0.25, -0.2) is 15.0 Å². The van der Waals surface area contributed by atoms with Crippen molar-refractivity contribution in [3.63, 3.8) is 0 Å². The summed E-state index contributed by atoms with van der Waals surface area (Å²) in [6, 6.07) is 34.2.